The highest BCUT2D eigenvalue weighted by Crippen LogP contribution is 2.23. The Morgan fingerprint density at radius 1 is 1.32 bits per heavy atom. The number of nitrogens with two attached hydrogens (primary N) is 1. The second-order valence-electron chi connectivity index (χ2n) is 6.11. The van der Waals surface area contributed by atoms with E-state index < -0.39 is 42.1 Å². The highest BCUT2D eigenvalue weighted by molar-refractivity contribution is 5.82. The molecule has 0 aliphatic heterocycles. The number of nitrogens with one attached hydrogen (secondary N) is 1. The van der Waals surface area contributed by atoms with Crippen LogP contribution in [0.25, 0.3) is 0 Å². The second kappa shape index (κ2) is 9.19. The van der Waals surface area contributed by atoms with Crippen molar-refractivity contribution in [3.05, 3.63) is 28.3 Å². The van der Waals surface area contributed by atoms with Crippen molar-refractivity contribution >= 4 is 11.9 Å². The first-order valence-electron chi connectivity index (χ1n) is 7.80. The Labute approximate surface area is 144 Å². The Balaban J connectivity index is 2.96. The highest BCUT2D eigenvalue weighted by atomic mass is 16.5. The van der Waals surface area contributed by atoms with Crippen molar-refractivity contribution in [2.75, 3.05) is 7.11 Å². The van der Waals surface area contributed by atoms with Gasteiger partial charge >= 0.3 is 11.6 Å². The summed E-state index contributed by atoms with van der Waals surface area (Å²) in [6, 6.07) is 0.591. The van der Waals surface area contributed by atoms with Crippen molar-refractivity contribution in [2.45, 2.75) is 44.9 Å². The van der Waals surface area contributed by atoms with E-state index in [-0.39, 0.29) is 17.4 Å². The fourth-order valence-corrected chi connectivity index (χ4v) is 2.20. The number of rotatable bonds is 9. The summed E-state index contributed by atoms with van der Waals surface area (Å²) in [5.74, 6) is -1.51. The summed E-state index contributed by atoms with van der Waals surface area (Å²) in [6.45, 7) is 3.82. The van der Waals surface area contributed by atoms with Crippen molar-refractivity contribution in [2.24, 2.45) is 11.7 Å². The number of aliphatic carboxylic acids is 1. The number of methoxy groups -OCH3 is 1. The molecule has 0 fully saturated rings. The minimum absolute atomic E-state index is 0.139. The molecule has 1 aromatic rings. The minimum Gasteiger partial charge on any atom is -0.496 e. The number of hydrogen-bond donors (Lipinski definition) is 4. The Morgan fingerprint density at radius 3 is 2.48 bits per heavy atom. The van der Waals surface area contributed by atoms with Crippen molar-refractivity contribution in [1.29, 1.82) is 0 Å². The fourth-order valence-electron chi connectivity index (χ4n) is 2.20. The summed E-state index contributed by atoms with van der Waals surface area (Å²) in [4.78, 5) is 34.5. The monoisotopic (exact) mass is 356 g/mol. The number of aliphatic hydroxyl groups excluding tert-OH is 1. The van der Waals surface area contributed by atoms with Crippen LogP contribution in [-0.4, -0.2) is 41.3 Å². The van der Waals surface area contributed by atoms with E-state index in [2.05, 4.69) is 5.32 Å². The molecule has 0 saturated heterocycles. The number of carboxylic acid groups (broad SMARTS) is 1. The first-order valence-corrected chi connectivity index (χ1v) is 7.80. The average Bonchev–Trinajstić information content (AvgIpc) is 2.52. The molecular weight excluding hydrogens is 332 g/mol. The zero-order valence-electron chi connectivity index (χ0n) is 14.4. The largest absolute Gasteiger partial charge is 0.496 e. The van der Waals surface area contributed by atoms with Crippen LogP contribution in [0.2, 0.25) is 0 Å². The SMILES string of the molecule is COc1cc(C(CC(C)C)NC(=O)C(O)CC(N)C(=O)O)oc(=O)c1. The van der Waals surface area contributed by atoms with E-state index in [0.29, 0.717) is 6.42 Å². The quantitative estimate of drug-likeness (QED) is 0.483. The van der Waals surface area contributed by atoms with Gasteiger partial charge in [0.25, 0.3) is 0 Å². The van der Waals surface area contributed by atoms with Gasteiger partial charge in [0, 0.05) is 12.5 Å². The van der Waals surface area contributed by atoms with Crippen LogP contribution in [0.3, 0.4) is 0 Å². The van der Waals surface area contributed by atoms with Crippen LogP contribution in [0.5, 0.6) is 5.75 Å². The molecule has 5 N–H and O–H groups in total. The smallest absolute Gasteiger partial charge is 0.339 e. The van der Waals surface area contributed by atoms with Crippen molar-refractivity contribution < 1.29 is 29.0 Å². The average molecular weight is 356 g/mol. The van der Waals surface area contributed by atoms with Crippen LogP contribution in [0, 0.1) is 5.92 Å². The summed E-state index contributed by atoms with van der Waals surface area (Å²) in [7, 11) is 1.39. The summed E-state index contributed by atoms with van der Waals surface area (Å²) in [5.41, 5.74) is 4.69. The van der Waals surface area contributed by atoms with Crippen LogP contribution in [0.1, 0.15) is 38.5 Å². The van der Waals surface area contributed by atoms with E-state index in [1.807, 2.05) is 13.8 Å². The number of amides is 1. The topological polar surface area (TPSA) is 152 Å². The van der Waals surface area contributed by atoms with E-state index in [9.17, 15) is 19.5 Å². The van der Waals surface area contributed by atoms with Gasteiger partial charge in [0.15, 0.2) is 0 Å². The van der Waals surface area contributed by atoms with Gasteiger partial charge in [0.2, 0.25) is 5.91 Å². The molecule has 1 aromatic heterocycles. The van der Waals surface area contributed by atoms with E-state index in [4.69, 9.17) is 20.0 Å². The Bertz CT molecular complexity index is 656. The summed E-state index contributed by atoms with van der Waals surface area (Å²) >= 11 is 0. The Hall–Kier alpha value is -2.39. The molecule has 3 atom stereocenters. The maximum Gasteiger partial charge on any atom is 0.339 e. The van der Waals surface area contributed by atoms with Gasteiger partial charge < -0.3 is 30.4 Å². The van der Waals surface area contributed by atoms with Gasteiger partial charge in [-0.05, 0) is 12.3 Å². The molecule has 0 aliphatic carbocycles. The van der Waals surface area contributed by atoms with E-state index in [1.165, 1.54) is 19.2 Å². The molecule has 1 heterocycles. The van der Waals surface area contributed by atoms with E-state index in [1.54, 1.807) is 0 Å². The highest BCUT2D eigenvalue weighted by Gasteiger charge is 2.26. The van der Waals surface area contributed by atoms with E-state index >= 15 is 0 Å². The van der Waals surface area contributed by atoms with Crippen molar-refractivity contribution in [3.63, 3.8) is 0 Å². The predicted octanol–water partition coefficient (Wildman–Crippen LogP) is 0.0147. The molecule has 0 aromatic carbocycles. The number of hydrogen-bond acceptors (Lipinski definition) is 7. The third-order valence-corrected chi connectivity index (χ3v) is 3.46. The molecule has 140 valence electrons. The number of ether oxygens (including phenoxy) is 1. The van der Waals surface area contributed by atoms with Gasteiger partial charge in [-0.2, -0.15) is 0 Å². The van der Waals surface area contributed by atoms with Gasteiger partial charge in [-0.15, -0.1) is 0 Å². The molecular formula is C16H24N2O7. The number of carbonyl (C=O) groups is 2. The predicted molar refractivity (Wildman–Crippen MR) is 88.1 cm³/mol. The molecule has 0 radical (unpaired) electrons. The third kappa shape index (κ3) is 6.55. The Kier molecular flexibility index (Phi) is 7.59. The van der Waals surface area contributed by atoms with Crippen LogP contribution in [0.15, 0.2) is 21.3 Å². The van der Waals surface area contributed by atoms with Gasteiger partial charge in [-0.3, -0.25) is 9.59 Å². The van der Waals surface area contributed by atoms with Crippen LogP contribution in [-0.2, 0) is 9.59 Å². The summed E-state index contributed by atoms with van der Waals surface area (Å²) in [5, 5.41) is 21.2. The molecule has 0 aliphatic rings. The van der Waals surface area contributed by atoms with E-state index in [0.717, 1.165) is 0 Å². The zero-order chi connectivity index (χ0) is 19.1. The maximum absolute atomic E-state index is 12.1. The lowest BCUT2D eigenvalue weighted by Crippen LogP contribution is -2.43. The molecule has 0 spiro atoms. The fraction of sp³-hybridized carbons (Fsp3) is 0.562. The molecule has 1 rings (SSSR count). The first kappa shape index (κ1) is 20.7. The normalized spacial score (nSPS) is 14.6. The van der Waals surface area contributed by atoms with Gasteiger partial charge in [-0.1, -0.05) is 13.8 Å². The molecule has 9 nitrogen and oxygen atoms in total. The lowest BCUT2D eigenvalue weighted by Gasteiger charge is -2.22. The van der Waals surface area contributed by atoms with Crippen LogP contribution in [0.4, 0.5) is 0 Å². The zero-order valence-corrected chi connectivity index (χ0v) is 14.4. The first-order chi connectivity index (χ1) is 11.6. The lowest BCUT2D eigenvalue weighted by molar-refractivity contribution is -0.140. The minimum atomic E-state index is -1.60. The molecule has 0 bridgehead atoms. The number of aliphatic hydroxyl groups is 1. The van der Waals surface area contributed by atoms with Gasteiger partial charge in [0.05, 0.1) is 19.2 Å². The molecule has 25 heavy (non-hydrogen) atoms. The lowest BCUT2D eigenvalue weighted by atomic mass is 10.0. The van der Waals surface area contributed by atoms with Gasteiger partial charge in [-0.25, -0.2) is 4.79 Å². The second-order valence-corrected chi connectivity index (χ2v) is 6.11. The van der Waals surface area contributed by atoms with Crippen LogP contribution < -0.4 is 21.4 Å². The maximum atomic E-state index is 12.1. The molecule has 9 heteroatoms. The van der Waals surface area contributed by atoms with Gasteiger partial charge in [0.1, 0.15) is 23.7 Å². The summed E-state index contributed by atoms with van der Waals surface area (Å²) in [6.07, 6.45) is -1.60. The van der Waals surface area contributed by atoms with Crippen molar-refractivity contribution in [3.8, 4) is 5.75 Å². The third-order valence-electron chi connectivity index (χ3n) is 3.46. The molecule has 0 saturated carbocycles. The summed E-state index contributed by atoms with van der Waals surface area (Å²) < 4.78 is 10.2. The Morgan fingerprint density at radius 2 is 1.96 bits per heavy atom. The standard InChI is InChI=1S/C16H24N2O7/c1-8(2)4-11(13-5-9(24-3)6-14(20)25-13)18-15(21)12(19)7-10(17)16(22)23/h5-6,8,10-12,19H,4,7,17H2,1-3H3,(H,18,21)(H,22,23). The van der Waals surface area contributed by atoms with Crippen LogP contribution >= 0.6 is 0 Å². The molecule has 3 unspecified atom stereocenters. The van der Waals surface area contributed by atoms with Crippen molar-refractivity contribution in [1.82, 2.24) is 5.32 Å². The molecule has 1 amide bonds. The number of carbonyl (C=O) groups excluding carboxylic acids is 1. The number of carboxylic acids is 1.